The fourth-order valence-electron chi connectivity index (χ4n) is 1.89. The van der Waals surface area contributed by atoms with E-state index in [4.69, 9.17) is 9.47 Å². The minimum absolute atomic E-state index is 0.171. The highest BCUT2D eigenvalue weighted by atomic mass is 32.2. The molecule has 2 aromatic rings. The van der Waals surface area contributed by atoms with Crippen molar-refractivity contribution in [1.29, 1.82) is 0 Å². The number of nitrogens with zero attached hydrogens (tertiary/aromatic N) is 1. The maximum Gasteiger partial charge on any atom is 0.282 e. The van der Waals surface area contributed by atoms with E-state index in [9.17, 15) is 8.42 Å². The number of hydrogen-bond donors (Lipinski definition) is 0. The van der Waals surface area contributed by atoms with Crippen molar-refractivity contribution < 1.29 is 17.9 Å². The molecule has 5 nitrogen and oxygen atoms in total. The first-order valence-electron chi connectivity index (χ1n) is 6.31. The molecule has 6 heteroatoms. The lowest BCUT2D eigenvalue weighted by Gasteiger charge is -2.00. The summed E-state index contributed by atoms with van der Waals surface area (Å²) < 4.78 is 38.3. The fraction of sp³-hybridized carbons (Fsp3) is 0.133. The molecule has 0 atom stereocenters. The summed E-state index contributed by atoms with van der Waals surface area (Å²) in [5, 5.41) is 0. The maximum absolute atomic E-state index is 12.1. The Morgan fingerprint density at radius 1 is 1.05 bits per heavy atom. The van der Waals surface area contributed by atoms with Gasteiger partial charge in [0.2, 0.25) is 6.79 Å². The Bertz CT molecular complexity index is 795. The lowest BCUT2D eigenvalue weighted by atomic mass is 10.2. The normalized spacial score (nSPS) is 13.8. The molecule has 0 aliphatic carbocycles. The van der Waals surface area contributed by atoms with E-state index in [1.807, 2.05) is 6.92 Å². The highest BCUT2D eigenvalue weighted by Crippen LogP contribution is 2.32. The quantitative estimate of drug-likeness (QED) is 0.817. The highest BCUT2D eigenvalue weighted by molar-refractivity contribution is 7.90. The van der Waals surface area contributed by atoms with Crippen LogP contribution >= 0.6 is 0 Å². The molecule has 0 saturated carbocycles. The molecule has 0 radical (unpaired) electrons. The van der Waals surface area contributed by atoms with E-state index < -0.39 is 10.0 Å². The first kappa shape index (κ1) is 13.6. The minimum atomic E-state index is -3.69. The number of fused-ring (bicyclic) bond motifs is 1. The zero-order chi connectivity index (χ0) is 14.9. The summed E-state index contributed by atoms with van der Waals surface area (Å²) in [5.41, 5.74) is 1.63. The predicted octanol–water partition coefficient (Wildman–Crippen LogP) is 2.53. The molecule has 0 N–H and O–H groups in total. The van der Waals surface area contributed by atoms with E-state index in [0.29, 0.717) is 17.1 Å². The summed E-state index contributed by atoms with van der Waals surface area (Å²) in [5.74, 6) is 1.24. The number of ether oxygens (including phenoxy) is 2. The smallest absolute Gasteiger partial charge is 0.282 e. The Morgan fingerprint density at radius 3 is 2.52 bits per heavy atom. The lowest BCUT2D eigenvalue weighted by molar-refractivity contribution is 0.174. The number of aryl methyl sites for hydroxylation is 1. The molecule has 2 aromatic carbocycles. The second-order valence-corrected chi connectivity index (χ2v) is 6.27. The molecule has 0 aromatic heterocycles. The van der Waals surface area contributed by atoms with E-state index in [2.05, 4.69) is 4.40 Å². The zero-order valence-corrected chi connectivity index (χ0v) is 12.1. The topological polar surface area (TPSA) is 65.0 Å². The Hall–Kier alpha value is -2.34. The average molecular weight is 303 g/mol. The van der Waals surface area contributed by atoms with Crippen LogP contribution in [-0.4, -0.2) is 21.4 Å². The van der Waals surface area contributed by atoms with Gasteiger partial charge in [0.1, 0.15) is 0 Å². The van der Waals surface area contributed by atoms with Crippen molar-refractivity contribution >= 4 is 16.2 Å². The molecule has 0 unspecified atom stereocenters. The number of benzene rings is 2. The monoisotopic (exact) mass is 303 g/mol. The van der Waals surface area contributed by atoms with Crippen LogP contribution in [0.15, 0.2) is 51.8 Å². The third kappa shape index (κ3) is 2.90. The van der Waals surface area contributed by atoms with Crippen LogP contribution in [0.4, 0.5) is 0 Å². The second-order valence-electron chi connectivity index (χ2n) is 4.64. The molecule has 3 rings (SSSR count). The summed E-state index contributed by atoms with van der Waals surface area (Å²) in [6.45, 7) is 2.07. The van der Waals surface area contributed by atoms with Crippen molar-refractivity contribution in [2.45, 2.75) is 11.8 Å². The average Bonchev–Trinajstić information content (AvgIpc) is 2.93. The maximum atomic E-state index is 12.1. The SMILES string of the molecule is Cc1ccc(S(=O)(=O)/N=C/c2ccc3c(c2)OCO3)cc1. The summed E-state index contributed by atoms with van der Waals surface area (Å²) >= 11 is 0. The highest BCUT2D eigenvalue weighted by Gasteiger charge is 2.14. The van der Waals surface area contributed by atoms with E-state index in [1.165, 1.54) is 6.21 Å². The standard InChI is InChI=1S/C15H13NO4S/c1-11-2-5-13(6-3-11)21(17,18)16-9-12-4-7-14-15(8-12)20-10-19-14/h2-9H,10H2,1H3/b16-9+. The molecule has 1 aliphatic rings. The van der Waals surface area contributed by atoms with Crippen molar-refractivity contribution in [3.05, 3.63) is 53.6 Å². The van der Waals surface area contributed by atoms with Crippen molar-refractivity contribution in [3.8, 4) is 11.5 Å². The largest absolute Gasteiger partial charge is 0.454 e. The van der Waals surface area contributed by atoms with Gasteiger partial charge >= 0.3 is 0 Å². The van der Waals surface area contributed by atoms with Gasteiger partial charge in [0, 0.05) is 6.21 Å². The van der Waals surface area contributed by atoms with Crippen molar-refractivity contribution in [3.63, 3.8) is 0 Å². The Labute approximate surface area is 122 Å². The van der Waals surface area contributed by atoms with Gasteiger partial charge in [-0.15, -0.1) is 0 Å². The summed E-state index contributed by atoms with van der Waals surface area (Å²) in [6, 6.07) is 11.7. The Kier molecular flexibility index (Phi) is 3.39. The first-order valence-corrected chi connectivity index (χ1v) is 7.75. The first-order chi connectivity index (χ1) is 10.0. The van der Waals surface area contributed by atoms with Gasteiger partial charge in [-0.25, -0.2) is 0 Å². The van der Waals surface area contributed by atoms with Gasteiger partial charge < -0.3 is 9.47 Å². The third-order valence-electron chi connectivity index (χ3n) is 3.06. The molecule has 21 heavy (non-hydrogen) atoms. The van der Waals surface area contributed by atoms with E-state index >= 15 is 0 Å². The van der Waals surface area contributed by atoms with Crippen molar-refractivity contribution in [2.75, 3.05) is 6.79 Å². The van der Waals surface area contributed by atoms with E-state index in [0.717, 1.165) is 5.56 Å². The van der Waals surface area contributed by atoms with Gasteiger partial charge in [-0.05, 0) is 42.8 Å². The fourth-order valence-corrected chi connectivity index (χ4v) is 2.76. The molecular weight excluding hydrogens is 290 g/mol. The van der Waals surface area contributed by atoms with Gasteiger partial charge in [-0.3, -0.25) is 0 Å². The van der Waals surface area contributed by atoms with Crippen molar-refractivity contribution in [2.24, 2.45) is 4.40 Å². The molecule has 0 amide bonds. The molecule has 1 heterocycles. The number of rotatable bonds is 3. The van der Waals surface area contributed by atoms with Crippen LogP contribution in [0.2, 0.25) is 0 Å². The number of sulfonamides is 1. The van der Waals surface area contributed by atoms with Gasteiger partial charge in [-0.2, -0.15) is 12.8 Å². The van der Waals surface area contributed by atoms with Crippen LogP contribution in [0.5, 0.6) is 11.5 Å². The van der Waals surface area contributed by atoms with Crippen LogP contribution < -0.4 is 9.47 Å². The molecule has 0 saturated heterocycles. The van der Waals surface area contributed by atoms with Crippen LogP contribution in [0.25, 0.3) is 0 Å². The van der Waals surface area contributed by atoms with Crippen LogP contribution in [0, 0.1) is 6.92 Å². The second kappa shape index (κ2) is 5.21. The molecule has 0 spiro atoms. The third-order valence-corrected chi connectivity index (χ3v) is 4.31. The summed E-state index contributed by atoms with van der Waals surface area (Å²) in [6.07, 6.45) is 1.30. The Balaban J connectivity index is 1.86. The number of hydrogen-bond acceptors (Lipinski definition) is 4. The van der Waals surface area contributed by atoms with Gasteiger partial charge in [0.05, 0.1) is 4.90 Å². The summed E-state index contributed by atoms with van der Waals surface area (Å²) in [4.78, 5) is 0.171. The molecule has 0 bridgehead atoms. The van der Waals surface area contributed by atoms with Crippen LogP contribution in [-0.2, 0) is 10.0 Å². The van der Waals surface area contributed by atoms with Gasteiger partial charge in [0.15, 0.2) is 11.5 Å². The molecular formula is C15H13NO4S. The van der Waals surface area contributed by atoms with E-state index in [-0.39, 0.29) is 11.7 Å². The lowest BCUT2D eigenvalue weighted by Crippen LogP contribution is -1.97. The zero-order valence-electron chi connectivity index (χ0n) is 11.3. The van der Waals surface area contributed by atoms with Gasteiger partial charge in [-0.1, -0.05) is 17.7 Å². The molecule has 108 valence electrons. The van der Waals surface area contributed by atoms with Crippen LogP contribution in [0.3, 0.4) is 0 Å². The van der Waals surface area contributed by atoms with E-state index in [1.54, 1.807) is 42.5 Å². The van der Waals surface area contributed by atoms with Crippen LogP contribution in [0.1, 0.15) is 11.1 Å². The Morgan fingerprint density at radius 2 is 1.76 bits per heavy atom. The minimum Gasteiger partial charge on any atom is -0.454 e. The molecule has 0 fully saturated rings. The van der Waals surface area contributed by atoms with Crippen molar-refractivity contribution in [1.82, 2.24) is 0 Å². The predicted molar refractivity (Wildman–Crippen MR) is 78.5 cm³/mol. The molecule has 1 aliphatic heterocycles. The van der Waals surface area contributed by atoms with Gasteiger partial charge in [0.25, 0.3) is 10.0 Å². The summed E-state index contributed by atoms with van der Waals surface area (Å²) in [7, 11) is -3.69.